The molecule has 4 nitrogen and oxygen atoms in total. The fourth-order valence-corrected chi connectivity index (χ4v) is 2.64. The number of fused-ring (bicyclic) bond motifs is 3. The van der Waals surface area contributed by atoms with Crippen molar-refractivity contribution >= 4 is 11.2 Å². The standard InChI is InChI=1S/C11H14N4.C6H3F3/c1-7-2-4-9-11(13-7)15-6-8(12)3-5-10(15)14-9;7-4-1-2-5(8)6(9)3-4/h2,4,8H,3,5-6,12H2,1H3;1-3H/t8-;/m1./s1. The summed E-state index contributed by atoms with van der Waals surface area (Å²) in [6.45, 7) is 2.85. The van der Waals surface area contributed by atoms with Crippen LogP contribution in [0, 0.1) is 24.4 Å². The molecule has 0 fully saturated rings. The highest BCUT2D eigenvalue weighted by molar-refractivity contribution is 5.71. The van der Waals surface area contributed by atoms with E-state index in [9.17, 15) is 13.2 Å². The molecule has 0 bridgehead atoms. The SMILES string of the molecule is Cc1ccc2nc3n(c2n1)C[C@H](N)CC3.Fc1ccc(F)c(F)c1. The van der Waals surface area contributed by atoms with Crippen LogP contribution in [-0.4, -0.2) is 20.6 Å². The maximum absolute atomic E-state index is 12.0. The molecule has 1 atom stereocenters. The van der Waals surface area contributed by atoms with Crippen molar-refractivity contribution in [3.63, 3.8) is 0 Å². The normalized spacial score (nSPS) is 16.5. The number of aromatic nitrogens is 3. The number of rotatable bonds is 0. The lowest BCUT2D eigenvalue weighted by molar-refractivity contribution is 0.460. The molecule has 4 rings (SSSR count). The zero-order valence-electron chi connectivity index (χ0n) is 13.1. The Kier molecular flexibility index (Phi) is 4.53. The van der Waals surface area contributed by atoms with Crippen LogP contribution in [0.1, 0.15) is 17.9 Å². The fraction of sp³-hybridized carbons (Fsp3) is 0.294. The predicted molar refractivity (Wildman–Crippen MR) is 84.9 cm³/mol. The molecular weight excluding hydrogens is 317 g/mol. The lowest BCUT2D eigenvalue weighted by Gasteiger charge is -2.20. The first-order valence-corrected chi connectivity index (χ1v) is 7.63. The zero-order valence-corrected chi connectivity index (χ0v) is 13.1. The van der Waals surface area contributed by atoms with Crippen LogP contribution in [0.4, 0.5) is 13.2 Å². The van der Waals surface area contributed by atoms with Crippen molar-refractivity contribution in [1.82, 2.24) is 14.5 Å². The van der Waals surface area contributed by atoms with Crippen LogP contribution in [0.15, 0.2) is 30.3 Å². The molecule has 0 spiro atoms. The van der Waals surface area contributed by atoms with E-state index in [1.165, 1.54) is 0 Å². The van der Waals surface area contributed by atoms with Gasteiger partial charge < -0.3 is 10.3 Å². The first-order chi connectivity index (χ1) is 11.4. The van der Waals surface area contributed by atoms with E-state index >= 15 is 0 Å². The summed E-state index contributed by atoms with van der Waals surface area (Å²) in [5.41, 5.74) is 8.97. The number of hydrogen-bond acceptors (Lipinski definition) is 3. The number of pyridine rings is 1. The quantitative estimate of drug-likeness (QED) is 0.643. The minimum atomic E-state index is -1.16. The van der Waals surface area contributed by atoms with Crippen molar-refractivity contribution < 1.29 is 13.2 Å². The summed E-state index contributed by atoms with van der Waals surface area (Å²) in [4.78, 5) is 9.10. The topological polar surface area (TPSA) is 56.7 Å². The Morgan fingerprint density at radius 3 is 2.58 bits per heavy atom. The molecule has 0 radical (unpaired) electrons. The Balaban J connectivity index is 0.000000162. The van der Waals surface area contributed by atoms with Gasteiger partial charge in [-0.3, -0.25) is 0 Å². The van der Waals surface area contributed by atoms with Crippen LogP contribution >= 0.6 is 0 Å². The lowest BCUT2D eigenvalue weighted by atomic mass is 10.1. The molecule has 1 aliphatic rings. The molecule has 0 unspecified atom stereocenters. The van der Waals surface area contributed by atoms with Gasteiger partial charge in [0, 0.05) is 30.8 Å². The molecule has 0 amide bonds. The first kappa shape index (κ1) is 16.4. The van der Waals surface area contributed by atoms with Crippen LogP contribution in [0.3, 0.4) is 0 Å². The summed E-state index contributed by atoms with van der Waals surface area (Å²) in [7, 11) is 0. The zero-order chi connectivity index (χ0) is 17.3. The van der Waals surface area contributed by atoms with Crippen LogP contribution < -0.4 is 5.73 Å². The maximum atomic E-state index is 12.0. The smallest absolute Gasteiger partial charge is 0.161 e. The van der Waals surface area contributed by atoms with Crippen molar-refractivity contribution in [3.05, 3.63) is 59.3 Å². The molecule has 2 aromatic heterocycles. The second kappa shape index (κ2) is 6.60. The lowest BCUT2D eigenvalue weighted by Crippen LogP contribution is -2.32. The van der Waals surface area contributed by atoms with Gasteiger partial charge in [-0.25, -0.2) is 23.1 Å². The highest BCUT2D eigenvalue weighted by atomic mass is 19.2. The van der Waals surface area contributed by atoms with Gasteiger partial charge in [-0.1, -0.05) is 0 Å². The Morgan fingerprint density at radius 1 is 1.08 bits per heavy atom. The Morgan fingerprint density at radius 2 is 1.88 bits per heavy atom. The summed E-state index contributed by atoms with van der Waals surface area (Å²) in [6.07, 6.45) is 2.00. The molecule has 1 aromatic carbocycles. The molecule has 3 aromatic rings. The summed E-state index contributed by atoms with van der Waals surface area (Å²) < 4.78 is 38.0. The molecule has 0 saturated carbocycles. The summed E-state index contributed by atoms with van der Waals surface area (Å²) in [6, 6.07) is 6.38. The third-order valence-electron chi connectivity index (χ3n) is 3.85. The molecule has 24 heavy (non-hydrogen) atoms. The molecule has 7 heteroatoms. The van der Waals surface area contributed by atoms with Crippen molar-refractivity contribution in [3.8, 4) is 0 Å². The van der Waals surface area contributed by atoms with E-state index in [1.807, 2.05) is 19.1 Å². The van der Waals surface area contributed by atoms with E-state index in [2.05, 4.69) is 14.5 Å². The number of hydrogen-bond donors (Lipinski definition) is 1. The van der Waals surface area contributed by atoms with E-state index in [-0.39, 0.29) is 6.04 Å². The maximum Gasteiger partial charge on any atom is 0.161 e. The highest BCUT2D eigenvalue weighted by Gasteiger charge is 2.19. The first-order valence-electron chi connectivity index (χ1n) is 7.63. The van der Waals surface area contributed by atoms with Crippen LogP contribution in [-0.2, 0) is 13.0 Å². The molecule has 0 aliphatic carbocycles. The van der Waals surface area contributed by atoms with E-state index in [4.69, 9.17) is 5.73 Å². The molecule has 1 aliphatic heterocycles. The monoisotopic (exact) mass is 334 g/mol. The number of imidazole rings is 1. The fourth-order valence-electron chi connectivity index (χ4n) is 2.64. The van der Waals surface area contributed by atoms with Gasteiger partial charge in [-0.05, 0) is 37.6 Å². The Hall–Kier alpha value is -2.41. The number of benzene rings is 1. The third kappa shape index (κ3) is 3.41. The summed E-state index contributed by atoms with van der Waals surface area (Å²) >= 11 is 0. The third-order valence-corrected chi connectivity index (χ3v) is 3.85. The Labute approximate surface area is 137 Å². The van der Waals surface area contributed by atoms with Crippen LogP contribution in [0.5, 0.6) is 0 Å². The second-order valence-corrected chi connectivity index (χ2v) is 5.79. The second-order valence-electron chi connectivity index (χ2n) is 5.79. The number of halogens is 3. The van der Waals surface area contributed by atoms with Crippen molar-refractivity contribution in [2.45, 2.75) is 32.4 Å². The van der Waals surface area contributed by atoms with Crippen LogP contribution in [0.25, 0.3) is 11.2 Å². The van der Waals surface area contributed by atoms with E-state index in [0.29, 0.717) is 6.07 Å². The van der Waals surface area contributed by atoms with Gasteiger partial charge in [-0.15, -0.1) is 0 Å². The van der Waals surface area contributed by atoms with Gasteiger partial charge in [0.25, 0.3) is 0 Å². The minimum absolute atomic E-state index is 0.247. The van der Waals surface area contributed by atoms with Gasteiger partial charge in [0.05, 0.1) is 0 Å². The molecule has 0 saturated heterocycles. The number of nitrogens with zero attached hydrogens (tertiary/aromatic N) is 3. The minimum Gasteiger partial charge on any atom is -0.326 e. The van der Waals surface area contributed by atoms with Gasteiger partial charge in [0.15, 0.2) is 17.3 Å². The van der Waals surface area contributed by atoms with Gasteiger partial charge >= 0.3 is 0 Å². The van der Waals surface area contributed by atoms with E-state index < -0.39 is 17.5 Å². The van der Waals surface area contributed by atoms with Crippen molar-refractivity contribution in [2.75, 3.05) is 0 Å². The molecule has 126 valence electrons. The Bertz CT molecular complexity index is 876. The molecule has 3 heterocycles. The van der Waals surface area contributed by atoms with Crippen molar-refractivity contribution in [1.29, 1.82) is 0 Å². The predicted octanol–water partition coefficient (Wildman–Crippen LogP) is 3.12. The van der Waals surface area contributed by atoms with Gasteiger partial charge in [0.1, 0.15) is 17.2 Å². The molecular formula is C17H17F3N4. The number of aryl methyl sites for hydroxylation is 2. The highest BCUT2D eigenvalue weighted by Crippen LogP contribution is 2.20. The largest absolute Gasteiger partial charge is 0.326 e. The summed E-state index contributed by atoms with van der Waals surface area (Å²) in [5.74, 6) is -1.83. The van der Waals surface area contributed by atoms with Gasteiger partial charge in [0.2, 0.25) is 0 Å². The van der Waals surface area contributed by atoms with Crippen molar-refractivity contribution in [2.24, 2.45) is 5.73 Å². The average molecular weight is 334 g/mol. The summed E-state index contributed by atoms with van der Waals surface area (Å²) in [5, 5.41) is 0. The van der Waals surface area contributed by atoms with Gasteiger partial charge in [-0.2, -0.15) is 0 Å². The van der Waals surface area contributed by atoms with Crippen LogP contribution in [0.2, 0.25) is 0 Å². The molecule has 2 N–H and O–H groups in total. The van der Waals surface area contributed by atoms with E-state index in [1.54, 1.807) is 0 Å². The number of nitrogens with two attached hydrogens (primary N) is 1. The van der Waals surface area contributed by atoms with E-state index in [0.717, 1.165) is 54.2 Å². The average Bonchev–Trinajstić information content (AvgIpc) is 2.89.